The Kier molecular flexibility index (Phi) is 3.80. The minimum absolute atomic E-state index is 0.412. The normalized spacial score (nSPS) is 10.1. The molecule has 82 valence electrons. The predicted molar refractivity (Wildman–Crippen MR) is 67.7 cm³/mol. The van der Waals surface area contributed by atoms with Crippen LogP contribution in [0.15, 0.2) is 47.1 Å². The lowest BCUT2D eigenvalue weighted by Gasteiger charge is -2.08. The Balaban J connectivity index is 2.09. The third-order valence-corrected chi connectivity index (χ3v) is 3.05. The molecule has 2 aromatic rings. The first-order chi connectivity index (χ1) is 7.77. The van der Waals surface area contributed by atoms with Gasteiger partial charge in [0.2, 0.25) is 0 Å². The van der Waals surface area contributed by atoms with Gasteiger partial charge in [0, 0.05) is 11.8 Å². The Morgan fingerprint density at radius 2 is 2.00 bits per heavy atom. The highest BCUT2D eigenvalue weighted by molar-refractivity contribution is 9.10. The number of benzene rings is 1. The molecule has 0 spiro atoms. The van der Waals surface area contributed by atoms with Crippen molar-refractivity contribution in [2.45, 2.75) is 6.61 Å². The number of rotatable bonds is 3. The number of pyridine rings is 1. The molecule has 0 unspecified atom stereocenters. The number of hydrogen-bond donors (Lipinski definition) is 0. The van der Waals surface area contributed by atoms with Crippen molar-refractivity contribution in [3.8, 4) is 5.75 Å². The second kappa shape index (κ2) is 5.32. The third-order valence-electron chi connectivity index (χ3n) is 2.06. The van der Waals surface area contributed by atoms with Crippen LogP contribution < -0.4 is 4.74 Å². The van der Waals surface area contributed by atoms with E-state index in [2.05, 4.69) is 20.9 Å². The Morgan fingerprint density at radius 1 is 1.19 bits per heavy atom. The van der Waals surface area contributed by atoms with Gasteiger partial charge in [-0.1, -0.05) is 29.8 Å². The molecular weight excluding hydrogens is 289 g/mol. The van der Waals surface area contributed by atoms with E-state index in [1.807, 2.05) is 36.4 Å². The zero-order valence-corrected chi connectivity index (χ0v) is 10.7. The molecule has 1 heterocycles. The first-order valence-corrected chi connectivity index (χ1v) is 5.91. The zero-order chi connectivity index (χ0) is 11.4. The van der Waals surface area contributed by atoms with Crippen LogP contribution in [0.1, 0.15) is 5.56 Å². The van der Waals surface area contributed by atoms with Crippen LogP contribution in [0.2, 0.25) is 5.15 Å². The molecule has 2 rings (SSSR count). The molecular formula is C12H9BrClNO. The number of para-hydroxylation sites is 1. The van der Waals surface area contributed by atoms with E-state index in [0.29, 0.717) is 11.8 Å². The fourth-order valence-electron chi connectivity index (χ4n) is 1.24. The van der Waals surface area contributed by atoms with Crippen molar-refractivity contribution in [2.24, 2.45) is 0 Å². The van der Waals surface area contributed by atoms with E-state index in [0.717, 1.165) is 15.8 Å². The van der Waals surface area contributed by atoms with E-state index >= 15 is 0 Å². The highest BCUT2D eigenvalue weighted by Gasteiger charge is 2.03. The molecule has 0 saturated heterocycles. The molecule has 0 radical (unpaired) electrons. The summed E-state index contributed by atoms with van der Waals surface area (Å²) in [6, 6.07) is 11.4. The Bertz CT molecular complexity index is 444. The van der Waals surface area contributed by atoms with E-state index < -0.39 is 0 Å². The third kappa shape index (κ3) is 2.74. The molecule has 0 aliphatic rings. The maximum Gasteiger partial charge on any atom is 0.135 e. The average Bonchev–Trinajstić information content (AvgIpc) is 2.30. The largest absolute Gasteiger partial charge is 0.488 e. The number of aromatic nitrogens is 1. The molecule has 0 saturated carbocycles. The van der Waals surface area contributed by atoms with Crippen molar-refractivity contribution in [2.75, 3.05) is 0 Å². The second-order valence-electron chi connectivity index (χ2n) is 3.17. The molecule has 2 nitrogen and oxygen atoms in total. The van der Waals surface area contributed by atoms with Gasteiger partial charge in [-0.05, 0) is 34.1 Å². The molecule has 16 heavy (non-hydrogen) atoms. The quantitative estimate of drug-likeness (QED) is 0.797. The predicted octanol–water partition coefficient (Wildman–Crippen LogP) is 4.08. The van der Waals surface area contributed by atoms with E-state index in [1.54, 1.807) is 6.20 Å². The maximum absolute atomic E-state index is 5.93. The number of hydrogen-bond acceptors (Lipinski definition) is 2. The summed E-state index contributed by atoms with van der Waals surface area (Å²) in [6.45, 7) is 0.412. The summed E-state index contributed by atoms with van der Waals surface area (Å²) in [6.07, 6.45) is 1.66. The van der Waals surface area contributed by atoms with Gasteiger partial charge >= 0.3 is 0 Å². The van der Waals surface area contributed by atoms with E-state index in [-0.39, 0.29) is 0 Å². The summed E-state index contributed by atoms with van der Waals surface area (Å²) in [7, 11) is 0. The van der Waals surface area contributed by atoms with Crippen molar-refractivity contribution in [1.29, 1.82) is 0 Å². The summed E-state index contributed by atoms with van der Waals surface area (Å²) in [5.41, 5.74) is 0.875. The van der Waals surface area contributed by atoms with Gasteiger partial charge in [0.1, 0.15) is 17.5 Å². The fraction of sp³-hybridized carbons (Fsp3) is 0.0833. The van der Waals surface area contributed by atoms with Gasteiger partial charge in [-0.25, -0.2) is 4.98 Å². The number of halogens is 2. The maximum atomic E-state index is 5.93. The minimum Gasteiger partial charge on any atom is -0.488 e. The first-order valence-electron chi connectivity index (χ1n) is 4.74. The Morgan fingerprint density at radius 3 is 2.75 bits per heavy atom. The number of nitrogens with zero attached hydrogens (tertiary/aromatic N) is 1. The molecule has 0 bridgehead atoms. The topological polar surface area (TPSA) is 22.1 Å². The molecule has 0 fully saturated rings. The molecule has 4 heteroatoms. The van der Waals surface area contributed by atoms with Crippen LogP contribution in [0.25, 0.3) is 0 Å². The minimum atomic E-state index is 0.412. The van der Waals surface area contributed by atoms with Crippen LogP contribution in [0, 0.1) is 0 Å². The molecule has 1 aromatic heterocycles. The van der Waals surface area contributed by atoms with Crippen molar-refractivity contribution in [1.82, 2.24) is 4.98 Å². The summed E-state index contributed by atoms with van der Waals surface area (Å²) in [4.78, 5) is 3.99. The summed E-state index contributed by atoms with van der Waals surface area (Å²) in [5.74, 6) is 0.794. The highest BCUT2D eigenvalue weighted by atomic mass is 79.9. The van der Waals surface area contributed by atoms with Crippen molar-refractivity contribution in [3.63, 3.8) is 0 Å². The SMILES string of the molecule is Clc1ncccc1COc1ccccc1Br. The van der Waals surface area contributed by atoms with Crippen LogP contribution >= 0.6 is 27.5 Å². The lowest BCUT2D eigenvalue weighted by Crippen LogP contribution is -1.97. The monoisotopic (exact) mass is 297 g/mol. The smallest absolute Gasteiger partial charge is 0.135 e. The average molecular weight is 299 g/mol. The Labute approximate surface area is 107 Å². The summed E-state index contributed by atoms with van der Waals surface area (Å²) < 4.78 is 6.56. The fourth-order valence-corrected chi connectivity index (χ4v) is 1.82. The lowest BCUT2D eigenvalue weighted by molar-refractivity contribution is 0.304. The molecule has 0 aliphatic heterocycles. The van der Waals surface area contributed by atoms with Crippen LogP contribution in [0.4, 0.5) is 0 Å². The van der Waals surface area contributed by atoms with Gasteiger partial charge in [0.05, 0.1) is 4.47 Å². The summed E-state index contributed by atoms with van der Waals surface area (Å²) >= 11 is 9.34. The molecule has 0 amide bonds. The van der Waals surface area contributed by atoms with Crippen molar-refractivity contribution in [3.05, 3.63) is 57.8 Å². The van der Waals surface area contributed by atoms with E-state index in [1.165, 1.54) is 0 Å². The van der Waals surface area contributed by atoms with Crippen LogP contribution in [-0.4, -0.2) is 4.98 Å². The summed E-state index contributed by atoms with van der Waals surface area (Å²) in [5, 5.41) is 0.481. The van der Waals surface area contributed by atoms with Gasteiger partial charge in [-0.2, -0.15) is 0 Å². The number of ether oxygens (including phenoxy) is 1. The van der Waals surface area contributed by atoms with Gasteiger partial charge in [0.15, 0.2) is 0 Å². The van der Waals surface area contributed by atoms with Crippen LogP contribution in [0.5, 0.6) is 5.75 Å². The van der Waals surface area contributed by atoms with E-state index in [9.17, 15) is 0 Å². The standard InChI is InChI=1S/C12H9BrClNO/c13-10-5-1-2-6-11(10)16-8-9-4-3-7-15-12(9)14/h1-7H,8H2. The highest BCUT2D eigenvalue weighted by Crippen LogP contribution is 2.25. The van der Waals surface area contributed by atoms with Gasteiger partial charge in [-0.3, -0.25) is 0 Å². The second-order valence-corrected chi connectivity index (χ2v) is 4.38. The zero-order valence-electron chi connectivity index (χ0n) is 8.36. The molecule has 0 N–H and O–H groups in total. The van der Waals surface area contributed by atoms with Crippen molar-refractivity contribution >= 4 is 27.5 Å². The molecule has 0 aliphatic carbocycles. The van der Waals surface area contributed by atoms with Gasteiger partial charge < -0.3 is 4.74 Å². The molecule has 1 aromatic carbocycles. The van der Waals surface area contributed by atoms with Crippen LogP contribution in [0.3, 0.4) is 0 Å². The van der Waals surface area contributed by atoms with Gasteiger partial charge in [0.25, 0.3) is 0 Å². The Hall–Kier alpha value is -1.06. The molecule has 0 atom stereocenters. The van der Waals surface area contributed by atoms with Crippen molar-refractivity contribution < 1.29 is 4.74 Å². The van der Waals surface area contributed by atoms with E-state index in [4.69, 9.17) is 16.3 Å². The lowest BCUT2D eigenvalue weighted by atomic mass is 10.3. The van der Waals surface area contributed by atoms with Gasteiger partial charge in [-0.15, -0.1) is 0 Å². The van der Waals surface area contributed by atoms with Crippen LogP contribution in [-0.2, 0) is 6.61 Å². The first kappa shape index (κ1) is 11.4.